The predicted octanol–water partition coefficient (Wildman–Crippen LogP) is 2.98. The molecule has 0 amide bonds. The van der Waals surface area contributed by atoms with Gasteiger partial charge in [0.15, 0.2) is 0 Å². The fraction of sp³-hybridized carbons (Fsp3) is 0.222. The number of nitrogens with zero attached hydrogens (tertiary/aromatic N) is 1. The summed E-state index contributed by atoms with van der Waals surface area (Å²) in [6.07, 6.45) is 7.14. The normalized spacial score (nSPS) is 14.1. The van der Waals surface area contributed by atoms with Gasteiger partial charge in [-0.1, -0.05) is 18.7 Å². The molecule has 0 radical (unpaired) electrons. The molecule has 0 fully saturated rings. The zero-order valence-electron chi connectivity index (χ0n) is 6.91. The van der Waals surface area contributed by atoms with Gasteiger partial charge in [-0.25, -0.2) is 0 Å². The van der Waals surface area contributed by atoms with E-state index < -0.39 is 0 Å². The maximum Gasteiger partial charge on any atom is 0.0755 e. The molecule has 11 heavy (non-hydrogen) atoms. The first-order valence-corrected chi connectivity index (χ1v) is 3.88. The highest BCUT2D eigenvalue weighted by atomic mass is 32.1. The lowest BCUT2D eigenvalue weighted by Crippen LogP contribution is -1.77. The highest BCUT2D eigenvalue weighted by Gasteiger charge is 1.92. The van der Waals surface area contributed by atoms with Crippen molar-refractivity contribution in [2.45, 2.75) is 13.8 Å². The summed E-state index contributed by atoms with van der Waals surface area (Å²) >= 11 is 4.22. The molecule has 0 aliphatic rings. The molecule has 0 heterocycles. The second-order valence-corrected chi connectivity index (χ2v) is 2.33. The van der Waals surface area contributed by atoms with Crippen molar-refractivity contribution in [2.24, 2.45) is 4.99 Å². The summed E-state index contributed by atoms with van der Waals surface area (Å²) < 4.78 is 0. The van der Waals surface area contributed by atoms with Gasteiger partial charge in [0.05, 0.1) is 5.70 Å². The minimum atomic E-state index is 0.841. The average molecular weight is 167 g/mol. The largest absolute Gasteiger partial charge is 0.260 e. The standard InChI is InChI=1S/C9H13NS/c1-4-7-8(10-6-3)9(11)5-2/h4-7,11H,1H2,2-3H3/b8-7+,9-5+,10-6?. The van der Waals surface area contributed by atoms with E-state index in [9.17, 15) is 0 Å². The predicted molar refractivity (Wildman–Crippen MR) is 55.2 cm³/mol. The summed E-state index contributed by atoms with van der Waals surface area (Å²) in [5.74, 6) is 0. The van der Waals surface area contributed by atoms with Crippen molar-refractivity contribution in [2.75, 3.05) is 0 Å². The van der Waals surface area contributed by atoms with Crippen LogP contribution in [0.1, 0.15) is 13.8 Å². The van der Waals surface area contributed by atoms with Crippen LogP contribution in [0, 0.1) is 0 Å². The van der Waals surface area contributed by atoms with E-state index in [1.165, 1.54) is 0 Å². The average Bonchev–Trinajstić information content (AvgIpc) is 2.03. The Morgan fingerprint density at radius 3 is 2.45 bits per heavy atom. The molecule has 0 unspecified atom stereocenters. The Labute approximate surface area is 73.6 Å². The monoisotopic (exact) mass is 167 g/mol. The molecular formula is C9H13NS. The molecule has 2 heteroatoms. The van der Waals surface area contributed by atoms with E-state index in [1.54, 1.807) is 12.3 Å². The van der Waals surface area contributed by atoms with Crippen molar-refractivity contribution >= 4 is 18.8 Å². The van der Waals surface area contributed by atoms with Crippen LogP contribution in [-0.2, 0) is 0 Å². The van der Waals surface area contributed by atoms with Crippen molar-refractivity contribution < 1.29 is 0 Å². The van der Waals surface area contributed by atoms with Crippen LogP contribution in [0.5, 0.6) is 0 Å². The van der Waals surface area contributed by atoms with Gasteiger partial charge in [0.2, 0.25) is 0 Å². The van der Waals surface area contributed by atoms with Crippen molar-refractivity contribution in [3.05, 3.63) is 35.4 Å². The van der Waals surface area contributed by atoms with Crippen molar-refractivity contribution in [3.8, 4) is 0 Å². The Balaban J connectivity index is 4.61. The third-order valence-electron chi connectivity index (χ3n) is 1.08. The van der Waals surface area contributed by atoms with Crippen LogP contribution >= 0.6 is 12.6 Å². The third kappa shape index (κ3) is 3.83. The molecule has 0 saturated carbocycles. The highest BCUT2D eigenvalue weighted by molar-refractivity contribution is 7.84. The molecule has 0 aromatic rings. The van der Waals surface area contributed by atoms with Gasteiger partial charge in [-0.15, -0.1) is 12.6 Å². The molecule has 0 saturated heterocycles. The summed E-state index contributed by atoms with van der Waals surface area (Å²) in [5.41, 5.74) is 0.841. The number of rotatable bonds is 3. The van der Waals surface area contributed by atoms with Crippen LogP contribution in [0.4, 0.5) is 0 Å². The summed E-state index contributed by atoms with van der Waals surface area (Å²) in [7, 11) is 0. The van der Waals surface area contributed by atoms with Gasteiger partial charge in [0.1, 0.15) is 0 Å². The van der Waals surface area contributed by atoms with Crippen molar-refractivity contribution in [3.63, 3.8) is 0 Å². The Morgan fingerprint density at radius 2 is 2.09 bits per heavy atom. The highest BCUT2D eigenvalue weighted by Crippen LogP contribution is 2.14. The first-order chi connectivity index (χ1) is 5.26. The van der Waals surface area contributed by atoms with Gasteiger partial charge in [-0.05, 0) is 19.9 Å². The van der Waals surface area contributed by atoms with Crippen LogP contribution in [0.2, 0.25) is 0 Å². The minimum Gasteiger partial charge on any atom is -0.260 e. The number of thiol groups is 1. The van der Waals surface area contributed by atoms with Crippen LogP contribution in [-0.4, -0.2) is 6.21 Å². The number of aliphatic imine (C=N–C) groups is 1. The Bertz CT molecular complexity index is 212. The minimum absolute atomic E-state index is 0.841. The maximum atomic E-state index is 4.22. The molecule has 60 valence electrons. The molecule has 0 spiro atoms. The van der Waals surface area contributed by atoms with Crippen LogP contribution in [0.15, 0.2) is 40.4 Å². The lowest BCUT2D eigenvalue weighted by Gasteiger charge is -1.96. The van der Waals surface area contributed by atoms with Gasteiger partial charge in [-0.2, -0.15) is 0 Å². The van der Waals surface area contributed by atoms with Gasteiger partial charge in [0.25, 0.3) is 0 Å². The summed E-state index contributed by atoms with van der Waals surface area (Å²) in [6, 6.07) is 0. The van der Waals surface area contributed by atoms with Crippen molar-refractivity contribution in [1.29, 1.82) is 0 Å². The molecule has 0 aromatic carbocycles. The summed E-state index contributed by atoms with van der Waals surface area (Å²) in [4.78, 5) is 4.97. The lowest BCUT2D eigenvalue weighted by molar-refractivity contribution is 1.39. The second-order valence-electron chi connectivity index (χ2n) is 1.85. The number of allylic oxidation sites excluding steroid dienone is 3. The van der Waals surface area contributed by atoms with E-state index >= 15 is 0 Å². The van der Waals surface area contributed by atoms with E-state index in [0.29, 0.717) is 0 Å². The zero-order valence-corrected chi connectivity index (χ0v) is 7.81. The molecule has 0 aliphatic carbocycles. The van der Waals surface area contributed by atoms with Crippen LogP contribution in [0.25, 0.3) is 0 Å². The Hall–Kier alpha value is -0.760. The Morgan fingerprint density at radius 1 is 1.45 bits per heavy atom. The smallest absolute Gasteiger partial charge is 0.0755 e. The molecule has 0 bridgehead atoms. The van der Waals surface area contributed by atoms with E-state index in [1.807, 2.05) is 26.0 Å². The van der Waals surface area contributed by atoms with E-state index in [4.69, 9.17) is 0 Å². The van der Waals surface area contributed by atoms with E-state index in [2.05, 4.69) is 24.2 Å². The lowest BCUT2D eigenvalue weighted by atomic mass is 10.3. The van der Waals surface area contributed by atoms with Gasteiger partial charge in [0, 0.05) is 11.1 Å². The topological polar surface area (TPSA) is 12.4 Å². The molecular weight excluding hydrogens is 154 g/mol. The fourth-order valence-corrected chi connectivity index (χ4v) is 0.725. The molecule has 0 aliphatic heterocycles. The molecule has 1 nitrogen and oxygen atoms in total. The summed E-state index contributed by atoms with van der Waals surface area (Å²) in [6.45, 7) is 7.38. The SMILES string of the molecule is C=C/C=C(N=CC)\C(S)=C/C. The van der Waals surface area contributed by atoms with Crippen molar-refractivity contribution in [1.82, 2.24) is 0 Å². The summed E-state index contributed by atoms with van der Waals surface area (Å²) in [5, 5.41) is 0. The zero-order chi connectivity index (χ0) is 8.69. The fourth-order valence-electron chi connectivity index (χ4n) is 0.593. The van der Waals surface area contributed by atoms with Gasteiger partial charge in [-0.3, -0.25) is 4.99 Å². The first kappa shape index (κ1) is 10.2. The number of hydrogen-bond donors (Lipinski definition) is 1. The molecule has 0 N–H and O–H groups in total. The van der Waals surface area contributed by atoms with Crippen LogP contribution < -0.4 is 0 Å². The first-order valence-electron chi connectivity index (χ1n) is 3.43. The quantitative estimate of drug-likeness (QED) is 0.377. The van der Waals surface area contributed by atoms with E-state index in [-0.39, 0.29) is 0 Å². The van der Waals surface area contributed by atoms with Crippen LogP contribution in [0.3, 0.4) is 0 Å². The van der Waals surface area contributed by atoms with Gasteiger partial charge < -0.3 is 0 Å². The molecule has 0 atom stereocenters. The molecule has 0 rings (SSSR count). The second kappa shape index (κ2) is 5.98. The van der Waals surface area contributed by atoms with Gasteiger partial charge >= 0.3 is 0 Å². The Kier molecular flexibility index (Phi) is 5.57. The number of hydrogen-bond acceptors (Lipinski definition) is 2. The third-order valence-corrected chi connectivity index (χ3v) is 1.57. The maximum absolute atomic E-state index is 4.22. The molecule has 0 aromatic heterocycles. The van der Waals surface area contributed by atoms with E-state index in [0.717, 1.165) is 10.6 Å².